The van der Waals surface area contributed by atoms with Gasteiger partial charge < -0.3 is 9.57 Å². The van der Waals surface area contributed by atoms with E-state index in [-0.39, 0.29) is 0 Å². The minimum Gasteiger partial charge on any atom is -0.327 e. The molecule has 0 saturated heterocycles. The molecule has 0 atom stereocenters. The first-order valence-corrected chi connectivity index (χ1v) is 7.29. The molecule has 0 aliphatic carbocycles. The van der Waals surface area contributed by atoms with Crippen molar-refractivity contribution in [3.05, 3.63) is 61.8 Å². The van der Waals surface area contributed by atoms with Crippen molar-refractivity contribution in [2.75, 3.05) is 27.2 Å². The summed E-state index contributed by atoms with van der Waals surface area (Å²) in [5.41, 5.74) is 1.02. The third-order valence-corrected chi connectivity index (χ3v) is 3.48. The van der Waals surface area contributed by atoms with E-state index in [2.05, 4.69) is 25.3 Å². The highest BCUT2D eigenvalue weighted by molar-refractivity contribution is 5.81. The van der Waals surface area contributed by atoms with Crippen molar-refractivity contribution in [3.8, 4) is 5.75 Å². The van der Waals surface area contributed by atoms with Crippen molar-refractivity contribution >= 4 is 10.9 Å². The maximum absolute atomic E-state index is 6.30. The number of quaternary nitrogens is 1. The van der Waals surface area contributed by atoms with E-state index in [1.165, 1.54) is 0 Å². The number of methoxy groups -OCH3 is 1. The smallest absolute Gasteiger partial charge is 0.264 e. The molecule has 2 aromatic rings. The summed E-state index contributed by atoms with van der Waals surface area (Å²) in [6.07, 6.45) is 5.71. The number of fused-ring (bicyclic) bond motifs is 1. The van der Waals surface area contributed by atoms with E-state index in [9.17, 15) is 0 Å². The minimum absolute atomic E-state index is 0.369. The van der Waals surface area contributed by atoms with Gasteiger partial charge >= 0.3 is 0 Å². The molecule has 0 amide bonds. The van der Waals surface area contributed by atoms with Crippen LogP contribution < -0.4 is 9.40 Å². The molecule has 116 valence electrons. The molecule has 1 heterocycles. The lowest BCUT2D eigenvalue weighted by Gasteiger charge is -2.29. The summed E-state index contributed by atoms with van der Waals surface area (Å²) in [5, 5.41) is 1.11. The number of para-hydroxylation sites is 1. The predicted octanol–water partition coefficient (Wildman–Crippen LogP) is 2.84. The number of aromatic nitrogens is 1. The maximum Gasteiger partial charge on any atom is 0.264 e. The Labute approximate surface area is 132 Å². The summed E-state index contributed by atoms with van der Waals surface area (Å²) in [5.74, 6) is 0.821. The highest BCUT2D eigenvalue weighted by atomic mass is 16.7. The van der Waals surface area contributed by atoms with Crippen molar-refractivity contribution in [1.82, 2.24) is 0 Å². The second-order valence-corrected chi connectivity index (χ2v) is 5.42. The monoisotopic (exact) mass is 300 g/mol. The highest BCUT2D eigenvalue weighted by Crippen LogP contribution is 2.25. The molecule has 0 fully saturated rings. The summed E-state index contributed by atoms with van der Waals surface area (Å²) in [7, 11) is 3.71. The third kappa shape index (κ3) is 3.53. The Bertz CT molecular complexity index is 652. The van der Waals surface area contributed by atoms with Crippen LogP contribution >= 0.6 is 0 Å². The Kier molecular flexibility index (Phi) is 5.31. The van der Waals surface area contributed by atoms with E-state index in [1.807, 2.05) is 48.2 Å². The van der Waals surface area contributed by atoms with Crippen LogP contribution in [0.4, 0.5) is 0 Å². The Morgan fingerprint density at radius 3 is 2.45 bits per heavy atom. The van der Waals surface area contributed by atoms with Crippen LogP contribution in [0.2, 0.25) is 0 Å². The number of rotatable bonds is 8. The number of nitrogens with zero attached hydrogens (tertiary/aromatic N) is 2. The Morgan fingerprint density at radius 2 is 1.82 bits per heavy atom. The Hall–Kier alpha value is -2.17. The average Bonchev–Trinajstić information content (AvgIpc) is 2.48. The molecule has 0 aliphatic heterocycles. The molecule has 1 aromatic heterocycles. The van der Waals surface area contributed by atoms with Crippen LogP contribution in [0.1, 0.15) is 0 Å². The van der Waals surface area contributed by atoms with E-state index >= 15 is 0 Å². The van der Waals surface area contributed by atoms with Crippen molar-refractivity contribution in [3.63, 3.8) is 0 Å². The molecule has 2 rings (SSSR count). The van der Waals surface area contributed by atoms with E-state index in [1.54, 1.807) is 7.11 Å². The van der Waals surface area contributed by atoms with Gasteiger partial charge in [-0.1, -0.05) is 19.2 Å². The van der Waals surface area contributed by atoms with Crippen molar-refractivity contribution in [1.29, 1.82) is 0 Å². The fourth-order valence-corrected chi connectivity index (χ4v) is 2.56. The lowest BCUT2D eigenvalue weighted by molar-refractivity contribution is -1.05. The number of ether oxygens (including phenoxy) is 1. The van der Waals surface area contributed by atoms with Gasteiger partial charge in [0, 0.05) is 13.2 Å². The molecule has 4 nitrogen and oxygen atoms in total. The Morgan fingerprint density at radius 1 is 1.14 bits per heavy atom. The van der Waals surface area contributed by atoms with Gasteiger partial charge in [-0.25, -0.2) is 0 Å². The number of likely N-dealkylation sites (N-methyl/N-ethyl adjacent to an activating group) is 1. The van der Waals surface area contributed by atoms with Gasteiger partial charge in [-0.3, -0.25) is 0 Å². The van der Waals surface area contributed by atoms with Gasteiger partial charge in [0.15, 0.2) is 6.20 Å². The van der Waals surface area contributed by atoms with Crippen LogP contribution in [0.5, 0.6) is 5.75 Å². The summed E-state index contributed by atoms with van der Waals surface area (Å²) < 4.78 is 7.69. The number of hydrogen-bond acceptors (Lipinski definition) is 2. The summed E-state index contributed by atoms with van der Waals surface area (Å²) in [6, 6.07) is 10.1. The lowest BCUT2D eigenvalue weighted by Crippen LogP contribution is -2.48. The van der Waals surface area contributed by atoms with Crippen LogP contribution in [0.3, 0.4) is 0 Å². The SMILES string of the molecule is C=CC[N+](C)(CC=C)Oc1cccc2ccc[n+](COC)c12. The first-order chi connectivity index (χ1) is 10.6. The topological polar surface area (TPSA) is 22.3 Å². The normalized spacial score (nSPS) is 11.4. The summed E-state index contributed by atoms with van der Waals surface area (Å²) >= 11 is 0. The van der Waals surface area contributed by atoms with Crippen molar-refractivity contribution in [2.24, 2.45) is 0 Å². The van der Waals surface area contributed by atoms with Gasteiger partial charge in [0.2, 0.25) is 0 Å². The van der Waals surface area contributed by atoms with Gasteiger partial charge in [0.05, 0.1) is 5.39 Å². The molecule has 0 spiro atoms. The van der Waals surface area contributed by atoms with Crippen molar-refractivity contribution in [2.45, 2.75) is 6.73 Å². The molecular formula is C18H24N2O2+2. The first kappa shape index (κ1) is 16.2. The van der Waals surface area contributed by atoms with E-state index in [4.69, 9.17) is 9.57 Å². The van der Waals surface area contributed by atoms with Crippen molar-refractivity contribution < 1.29 is 18.8 Å². The third-order valence-electron chi connectivity index (χ3n) is 3.48. The molecule has 0 aliphatic rings. The van der Waals surface area contributed by atoms with E-state index in [0.717, 1.165) is 16.7 Å². The highest BCUT2D eigenvalue weighted by Gasteiger charge is 2.26. The number of pyridine rings is 1. The molecule has 0 radical (unpaired) electrons. The van der Waals surface area contributed by atoms with Crippen LogP contribution in [-0.2, 0) is 11.5 Å². The standard InChI is InChI=1S/C18H24N2O2/c1-5-13-20(3,14-6-2)22-17-11-7-9-16-10-8-12-19(15-21-4)18(16)17/h5-12H,1-2,13-15H2,3-4H3/q+2. The molecule has 0 unspecified atom stereocenters. The zero-order chi connectivity index (χ0) is 16.0. The van der Waals surface area contributed by atoms with Gasteiger partial charge in [-0.2, -0.15) is 4.57 Å². The summed E-state index contributed by atoms with van der Waals surface area (Å²) in [4.78, 5) is 6.30. The quantitative estimate of drug-likeness (QED) is 0.324. The fraction of sp³-hybridized carbons (Fsp3) is 0.278. The predicted molar refractivity (Wildman–Crippen MR) is 88.1 cm³/mol. The molecular weight excluding hydrogens is 276 g/mol. The zero-order valence-corrected chi connectivity index (χ0v) is 13.4. The average molecular weight is 300 g/mol. The van der Waals surface area contributed by atoms with Gasteiger partial charge in [-0.05, 0) is 30.4 Å². The zero-order valence-electron chi connectivity index (χ0n) is 13.4. The van der Waals surface area contributed by atoms with Gasteiger partial charge in [-0.15, -0.1) is 4.65 Å². The summed E-state index contributed by atoms with van der Waals surface area (Å²) in [6.45, 7) is 9.51. The van der Waals surface area contributed by atoms with Crippen LogP contribution in [-0.4, -0.2) is 31.9 Å². The van der Waals surface area contributed by atoms with Crippen LogP contribution in [0.25, 0.3) is 10.9 Å². The number of hydrogen-bond donors (Lipinski definition) is 0. The second kappa shape index (κ2) is 7.20. The largest absolute Gasteiger partial charge is 0.327 e. The Balaban J connectivity index is 2.50. The fourth-order valence-electron chi connectivity index (χ4n) is 2.56. The maximum atomic E-state index is 6.30. The lowest BCUT2D eigenvalue weighted by atomic mass is 10.2. The molecule has 4 heteroatoms. The van der Waals surface area contributed by atoms with Crippen LogP contribution in [0.15, 0.2) is 61.8 Å². The molecule has 0 saturated carbocycles. The number of benzene rings is 1. The molecule has 22 heavy (non-hydrogen) atoms. The molecule has 0 bridgehead atoms. The van der Waals surface area contributed by atoms with Gasteiger partial charge in [0.1, 0.15) is 20.1 Å². The minimum atomic E-state index is 0.369. The van der Waals surface area contributed by atoms with Gasteiger partial charge in [0.25, 0.3) is 18.0 Å². The van der Waals surface area contributed by atoms with E-state index < -0.39 is 0 Å². The van der Waals surface area contributed by atoms with E-state index in [0.29, 0.717) is 24.5 Å². The number of hydroxylamine groups is 3. The van der Waals surface area contributed by atoms with Crippen LogP contribution in [0, 0.1) is 0 Å². The second-order valence-electron chi connectivity index (χ2n) is 5.42. The molecule has 1 aromatic carbocycles. The first-order valence-electron chi connectivity index (χ1n) is 7.29. The molecule has 0 N–H and O–H groups in total.